The second-order valence-electron chi connectivity index (χ2n) is 5.17. The Morgan fingerprint density at radius 3 is 2.65 bits per heavy atom. The summed E-state index contributed by atoms with van der Waals surface area (Å²) in [6, 6.07) is 11.4. The third kappa shape index (κ3) is 2.49. The van der Waals surface area contributed by atoms with Crippen molar-refractivity contribution in [3.05, 3.63) is 59.1 Å². The van der Waals surface area contributed by atoms with Crippen molar-refractivity contribution in [3.63, 3.8) is 0 Å². The number of aryl methyl sites for hydroxylation is 1. The maximum Gasteiger partial charge on any atom is 0.196 e. The summed E-state index contributed by atoms with van der Waals surface area (Å²) in [4.78, 5) is 8.85. The normalized spacial score (nSPS) is 11.3. The molecule has 0 saturated carbocycles. The van der Waals surface area contributed by atoms with E-state index in [-0.39, 0.29) is 5.82 Å². The van der Waals surface area contributed by atoms with Gasteiger partial charge in [-0.25, -0.2) is 14.4 Å². The summed E-state index contributed by atoms with van der Waals surface area (Å²) in [6.45, 7) is 1.80. The lowest BCUT2D eigenvalue weighted by molar-refractivity contribution is 0.628. The molecular weight excluding hydrogens is 317 g/mol. The number of fused-ring (bicyclic) bond motifs is 3. The first-order valence-electron chi connectivity index (χ1n) is 6.99. The topological polar surface area (TPSA) is 51.0 Å². The number of aromatic nitrogens is 2. The van der Waals surface area contributed by atoms with E-state index in [1.807, 2.05) is 6.07 Å². The average molecular weight is 328 g/mol. The molecule has 0 aliphatic carbocycles. The minimum absolute atomic E-state index is 0.294. The number of nitrogens with zero attached hydrogens (tertiary/aromatic N) is 2. The number of anilines is 2. The molecule has 2 aromatic carbocycles. The second-order valence-corrected chi connectivity index (χ2v) is 5.61. The molecule has 0 radical (unpaired) electrons. The van der Waals surface area contributed by atoms with Gasteiger partial charge in [0, 0.05) is 16.1 Å². The molecule has 4 rings (SSSR count). The lowest BCUT2D eigenvalue weighted by atomic mass is 10.2. The zero-order valence-electron chi connectivity index (χ0n) is 12.1. The van der Waals surface area contributed by atoms with E-state index in [1.165, 1.54) is 12.1 Å². The van der Waals surface area contributed by atoms with E-state index in [9.17, 15) is 4.39 Å². The minimum atomic E-state index is -0.294. The number of hydrogen-bond donors (Lipinski definition) is 1. The number of nitrogens with one attached hydrogen (secondary N) is 1. The van der Waals surface area contributed by atoms with Gasteiger partial charge in [-0.1, -0.05) is 11.6 Å². The summed E-state index contributed by atoms with van der Waals surface area (Å²) in [5.41, 5.74) is 2.63. The van der Waals surface area contributed by atoms with Crippen LogP contribution in [0.3, 0.4) is 0 Å². The van der Waals surface area contributed by atoms with Crippen molar-refractivity contribution >= 4 is 45.2 Å². The summed E-state index contributed by atoms with van der Waals surface area (Å²) < 4.78 is 18.9. The van der Waals surface area contributed by atoms with Gasteiger partial charge in [-0.05, 0) is 49.4 Å². The van der Waals surface area contributed by atoms with E-state index >= 15 is 0 Å². The fourth-order valence-corrected chi connectivity index (χ4v) is 2.65. The zero-order chi connectivity index (χ0) is 16.0. The molecule has 2 heterocycles. The molecule has 0 aliphatic rings. The molecule has 0 fully saturated rings. The van der Waals surface area contributed by atoms with Crippen molar-refractivity contribution in [3.8, 4) is 0 Å². The molecule has 0 unspecified atom stereocenters. The van der Waals surface area contributed by atoms with Gasteiger partial charge >= 0.3 is 0 Å². The molecule has 0 bridgehead atoms. The highest BCUT2D eigenvalue weighted by molar-refractivity contribution is 6.31. The minimum Gasteiger partial charge on any atom is -0.450 e. The largest absolute Gasteiger partial charge is 0.450 e. The van der Waals surface area contributed by atoms with Crippen LogP contribution in [-0.2, 0) is 0 Å². The molecule has 0 amide bonds. The Balaban J connectivity index is 1.91. The Labute approximate surface area is 135 Å². The lowest BCUT2D eigenvalue weighted by Crippen LogP contribution is -1.97. The van der Waals surface area contributed by atoms with Crippen molar-refractivity contribution in [2.75, 3.05) is 5.32 Å². The summed E-state index contributed by atoms with van der Waals surface area (Å²) >= 11 is 6.06. The van der Waals surface area contributed by atoms with Crippen LogP contribution in [0.15, 0.2) is 46.9 Å². The van der Waals surface area contributed by atoms with Gasteiger partial charge < -0.3 is 9.73 Å². The first kappa shape index (κ1) is 14.0. The molecule has 114 valence electrons. The van der Waals surface area contributed by atoms with Crippen molar-refractivity contribution < 1.29 is 8.81 Å². The van der Waals surface area contributed by atoms with Gasteiger partial charge in [-0.15, -0.1) is 0 Å². The highest BCUT2D eigenvalue weighted by Gasteiger charge is 2.15. The Bertz CT molecular complexity index is 1030. The number of benzene rings is 2. The first-order chi connectivity index (χ1) is 11.1. The van der Waals surface area contributed by atoms with Crippen LogP contribution in [0.2, 0.25) is 5.02 Å². The van der Waals surface area contributed by atoms with Crippen LogP contribution in [0.4, 0.5) is 15.9 Å². The zero-order valence-corrected chi connectivity index (χ0v) is 12.9. The van der Waals surface area contributed by atoms with Crippen molar-refractivity contribution in [1.82, 2.24) is 9.97 Å². The molecule has 0 spiro atoms. The number of hydrogen-bond acceptors (Lipinski definition) is 4. The number of rotatable bonds is 2. The quantitative estimate of drug-likeness (QED) is 0.548. The Morgan fingerprint density at radius 2 is 1.87 bits per heavy atom. The predicted molar refractivity (Wildman–Crippen MR) is 88.7 cm³/mol. The van der Waals surface area contributed by atoms with E-state index in [2.05, 4.69) is 15.3 Å². The van der Waals surface area contributed by atoms with E-state index in [0.29, 0.717) is 39.0 Å². The van der Waals surface area contributed by atoms with Gasteiger partial charge in [0.2, 0.25) is 0 Å². The molecule has 6 heteroatoms. The van der Waals surface area contributed by atoms with E-state index < -0.39 is 0 Å². The van der Waals surface area contributed by atoms with Gasteiger partial charge in [0.25, 0.3) is 0 Å². The fourth-order valence-electron chi connectivity index (χ4n) is 2.48. The first-order valence-corrected chi connectivity index (χ1v) is 7.37. The second kappa shape index (κ2) is 5.21. The molecule has 1 N–H and O–H groups in total. The van der Waals surface area contributed by atoms with Crippen LogP contribution < -0.4 is 5.32 Å². The van der Waals surface area contributed by atoms with Crippen LogP contribution in [0.25, 0.3) is 22.1 Å². The van der Waals surface area contributed by atoms with Gasteiger partial charge in [-0.2, -0.15) is 0 Å². The van der Waals surface area contributed by atoms with Crippen LogP contribution in [0, 0.1) is 12.7 Å². The molecule has 4 aromatic rings. The van der Waals surface area contributed by atoms with Crippen LogP contribution >= 0.6 is 11.6 Å². The summed E-state index contributed by atoms with van der Waals surface area (Å²) in [7, 11) is 0. The van der Waals surface area contributed by atoms with Crippen LogP contribution in [-0.4, -0.2) is 9.97 Å². The van der Waals surface area contributed by atoms with Gasteiger partial charge in [-0.3, -0.25) is 0 Å². The highest BCUT2D eigenvalue weighted by Crippen LogP contribution is 2.33. The van der Waals surface area contributed by atoms with Crippen LogP contribution in [0.1, 0.15) is 5.82 Å². The van der Waals surface area contributed by atoms with Crippen molar-refractivity contribution in [2.24, 2.45) is 0 Å². The van der Waals surface area contributed by atoms with Gasteiger partial charge in [0.05, 0.1) is 0 Å². The number of halogens is 2. The Morgan fingerprint density at radius 1 is 1.09 bits per heavy atom. The van der Waals surface area contributed by atoms with E-state index in [4.69, 9.17) is 16.0 Å². The number of furan rings is 1. The standard InChI is InChI=1S/C17H11ClFN3O/c1-9-20-15-13-8-10(18)2-7-14(13)23-16(15)17(21-9)22-12-5-3-11(19)4-6-12/h2-8H,1H3,(H,20,21,22). The smallest absolute Gasteiger partial charge is 0.196 e. The SMILES string of the molecule is Cc1nc(Nc2ccc(F)cc2)c2oc3ccc(Cl)cc3c2n1. The average Bonchev–Trinajstić information content (AvgIpc) is 2.88. The Hall–Kier alpha value is -2.66. The summed E-state index contributed by atoms with van der Waals surface area (Å²) in [6.07, 6.45) is 0. The molecule has 2 aromatic heterocycles. The molecule has 0 aliphatic heterocycles. The maximum absolute atomic E-state index is 13.0. The summed E-state index contributed by atoms with van der Waals surface area (Å²) in [5, 5.41) is 4.59. The molecule has 4 nitrogen and oxygen atoms in total. The highest BCUT2D eigenvalue weighted by atomic mass is 35.5. The molecule has 0 saturated heterocycles. The maximum atomic E-state index is 13.0. The predicted octanol–water partition coefficient (Wildman–Crippen LogP) is 5.22. The van der Waals surface area contributed by atoms with Gasteiger partial charge in [0.1, 0.15) is 22.7 Å². The van der Waals surface area contributed by atoms with E-state index in [1.54, 1.807) is 31.2 Å². The molecule has 0 atom stereocenters. The van der Waals surface area contributed by atoms with Crippen molar-refractivity contribution in [1.29, 1.82) is 0 Å². The van der Waals surface area contributed by atoms with Crippen LogP contribution in [0.5, 0.6) is 0 Å². The third-order valence-corrected chi connectivity index (χ3v) is 3.73. The summed E-state index contributed by atoms with van der Waals surface area (Å²) in [5.74, 6) is 0.842. The van der Waals surface area contributed by atoms with Crippen molar-refractivity contribution in [2.45, 2.75) is 6.92 Å². The molecule has 23 heavy (non-hydrogen) atoms. The molecular formula is C17H11ClFN3O. The van der Waals surface area contributed by atoms with E-state index in [0.717, 1.165) is 5.39 Å². The van der Waals surface area contributed by atoms with Gasteiger partial charge in [0.15, 0.2) is 11.4 Å². The lowest BCUT2D eigenvalue weighted by Gasteiger charge is -2.06. The fraction of sp³-hybridized carbons (Fsp3) is 0.0588. The Kier molecular flexibility index (Phi) is 3.16. The monoisotopic (exact) mass is 327 g/mol. The third-order valence-electron chi connectivity index (χ3n) is 3.49.